The molecule has 7 nitrogen and oxygen atoms in total. The summed E-state index contributed by atoms with van der Waals surface area (Å²) in [5.74, 6) is -0.224. The second-order valence-corrected chi connectivity index (χ2v) is 7.21. The number of hydrogen-bond donors (Lipinski definition) is 2. The third-order valence-electron chi connectivity index (χ3n) is 3.28. The van der Waals surface area contributed by atoms with Gasteiger partial charge in [0.2, 0.25) is 5.91 Å². The largest absolute Gasteiger partial charge is 0.378 e. The van der Waals surface area contributed by atoms with E-state index >= 15 is 0 Å². The minimum Gasteiger partial charge on any atom is -0.378 e. The number of anilines is 2. The number of carbonyl (C=O) groups excluding carboxylic acids is 1. The topological polar surface area (TPSA) is 90.9 Å². The predicted molar refractivity (Wildman–Crippen MR) is 99.4 cm³/mol. The Morgan fingerprint density at radius 1 is 1.04 bits per heavy atom. The molecule has 0 unspecified atom stereocenters. The zero-order chi connectivity index (χ0) is 18.4. The third kappa shape index (κ3) is 5.32. The van der Waals surface area contributed by atoms with E-state index in [2.05, 4.69) is 15.2 Å². The first-order valence-corrected chi connectivity index (χ1v) is 8.96. The van der Waals surface area contributed by atoms with Crippen LogP contribution in [0.25, 0.3) is 0 Å². The van der Waals surface area contributed by atoms with Crippen molar-refractivity contribution >= 4 is 33.5 Å². The molecule has 0 radical (unpaired) electrons. The van der Waals surface area contributed by atoms with Gasteiger partial charge >= 0.3 is 0 Å². The van der Waals surface area contributed by atoms with Crippen molar-refractivity contribution in [3.8, 4) is 0 Å². The fourth-order valence-corrected chi connectivity index (χ4v) is 2.79. The number of benzene rings is 2. The molecule has 2 rings (SSSR count). The van der Waals surface area contributed by atoms with Crippen LogP contribution in [0, 0.1) is 0 Å². The second kappa shape index (κ2) is 7.80. The minimum absolute atomic E-state index is 0.0571. The molecule has 0 aliphatic heterocycles. The molecule has 0 aromatic heterocycles. The highest BCUT2D eigenvalue weighted by Crippen LogP contribution is 2.14. The van der Waals surface area contributed by atoms with E-state index < -0.39 is 10.0 Å². The Morgan fingerprint density at radius 2 is 1.64 bits per heavy atom. The molecule has 25 heavy (non-hydrogen) atoms. The van der Waals surface area contributed by atoms with E-state index in [0.717, 1.165) is 11.3 Å². The Morgan fingerprint density at radius 3 is 2.16 bits per heavy atom. The standard InChI is InChI=1S/C17H20N4O3S/c1-13(22)19-15-6-10-17(11-7-15)25(23,24)20-18-12-14-4-8-16(9-5-14)21(2)3/h4-12,20H,1-3H3,(H,19,22)/b18-12-. The van der Waals surface area contributed by atoms with Crippen LogP contribution < -0.4 is 15.0 Å². The molecule has 0 fully saturated rings. The Kier molecular flexibility index (Phi) is 5.76. The first kappa shape index (κ1) is 18.5. The Balaban J connectivity index is 2.04. The summed E-state index contributed by atoms with van der Waals surface area (Å²) < 4.78 is 24.4. The highest BCUT2D eigenvalue weighted by Gasteiger charge is 2.12. The maximum Gasteiger partial charge on any atom is 0.276 e. The average Bonchev–Trinajstić information content (AvgIpc) is 2.55. The maximum absolute atomic E-state index is 12.2. The number of hydrogen-bond acceptors (Lipinski definition) is 5. The van der Waals surface area contributed by atoms with E-state index in [1.807, 2.05) is 43.3 Å². The van der Waals surface area contributed by atoms with Gasteiger partial charge in [0.1, 0.15) is 0 Å². The van der Waals surface area contributed by atoms with Crippen molar-refractivity contribution in [2.24, 2.45) is 5.10 Å². The molecule has 0 bridgehead atoms. The smallest absolute Gasteiger partial charge is 0.276 e. The fourth-order valence-electron chi connectivity index (χ4n) is 2.00. The monoisotopic (exact) mass is 360 g/mol. The van der Waals surface area contributed by atoms with Gasteiger partial charge in [0.25, 0.3) is 10.0 Å². The molecule has 0 aliphatic carbocycles. The molecule has 0 saturated heterocycles. The van der Waals surface area contributed by atoms with Crippen LogP contribution in [0.2, 0.25) is 0 Å². The van der Waals surface area contributed by atoms with Gasteiger partial charge < -0.3 is 10.2 Å². The zero-order valence-corrected chi connectivity index (χ0v) is 15.0. The van der Waals surface area contributed by atoms with Gasteiger partial charge in [0.15, 0.2) is 0 Å². The molecule has 1 amide bonds. The van der Waals surface area contributed by atoms with Crippen LogP contribution >= 0.6 is 0 Å². The highest BCUT2D eigenvalue weighted by molar-refractivity contribution is 7.89. The number of carbonyl (C=O) groups is 1. The van der Waals surface area contributed by atoms with E-state index in [0.29, 0.717) is 5.69 Å². The number of nitrogens with one attached hydrogen (secondary N) is 2. The molecule has 8 heteroatoms. The third-order valence-corrected chi connectivity index (χ3v) is 4.52. The van der Waals surface area contributed by atoms with Gasteiger partial charge in [-0.05, 0) is 42.0 Å². The summed E-state index contributed by atoms with van der Waals surface area (Å²) in [6.07, 6.45) is 1.43. The van der Waals surface area contributed by atoms with Crippen LogP contribution in [0.3, 0.4) is 0 Å². The van der Waals surface area contributed by atoms with E-state index in [1.165, 1.54) is 37.4 Å². The molecule has 132 valence electrons. The van der Waals surface area contributed by atoms with Gasteiger partial charge in [-0.1, -0.05) is 12.1 Å². The quantitative estimate of drug-likeness (QED) is 0.609. The van der Waals surface area contributed by atoms with Crippen molar-refractivity contribution in [1.29, 1.82) is 0 Å². The van der Waals surface area contributed by atoms with Crippen molar-refractivity contribution in [2.45, 2.75) is 11.8 Å². The summed E-state index contributed by atoms with van der Waals surface area (Å²) >= 11 is 0. The summed E-state index contributed by atoms with van der Waals surface area (Å²) in [5.41, 5.74) is 2.34. The van der Waals surface area contributed by atoms with Crippen molar-refractivity contribution in [3.05, 3.63) is 54.1 Å². The van der Waals surface area contributed by atoms with Gasteiger partial charge in [-0.3, -0.25) is 4.79 Å². The van der Waals surface area contributed by atoms with Gasteiger partial charge in [-0.2, -0.15) is 13.5 Å². The van der Waals surface area contributed by atoms with Crippen LogP contribution in [0.4, 0.5) is 11.4 Å². The lowest BCUT2D eigenvalue weighted by molar-refractivity contribution is -0.114. The molecule has 0 saturated carbocycles. The molecule has 0 spiro atoms. The normalized spacial score (nSPS) is 11.3. The zero-order valence-electron chi connectivity index (χ0n) is 14.2. The van der Waals surface area contributed by atoms with E-state index in [1.54, 1.807) is 0 Å². The van der Waals surface area contributed by atoms with E-state index in [9.17, 15) is 13.2 Å². The average molecular weight is 360 g/mol. The Bertz CT molecular complexity index is 858. The number of sulfonamides is 1. The van der Waals surface area contributed by atoms with Gasteiger partial charge in [-0.25, -0.2) is 4.83 Å². The van der Waals surface area contributed by atoms with Crippen molar-refractivity contribution in [3.63, 3.8) is 0 Å². The lowest BCUT2D eigenvalue weighted by atomic mass is 10.2. The molecule has 0 aliphatic rings. The van der Waals surface area contributed by atoms with Crippen LogP contribution in [-0.2, 0) is 14.8 Å². The molecule has 2 aromatic carbocycles. The van der Waals surface area contributed by atoms with Gasteiger partial charge in [-0.15, -0.1) is 0 Å². The number of nitrogens with zero attached hydrogens (tertiary/aromatic N) is 2. The van der Waals surface area contributed by atoms with Gasteiger partial charge in [0.05, 0.1) is 11.1 Å². The number of rotatable bonds is 6. The van der Waals surface area contributed by atoms with Crippen LogP contribution in [0.5, 0.6) is 0 Å². The first-order chi connectivity index (χ1) is 11.8. The molecule has 2 N–H and O–H groups in total. The fraction of sp³-hybridized carbons (Fsp3) is 0.176. The molecule has 0 heterocycles. The van der Waals surface area contributed by atoms with Crippen LogP contribution in [0.1, 0.15) is 12.5 Å². The summed E-state index contributed by atoms with van der Waals surface area (Å²) in [7, 11) is 0.112. The van der Waals surface area contributed by atoms with E-state index in [-0.39, 0.29) is 10.8 Å². The molecular weight excluding hydrogens is 340 g/mol. The Hall–Kier alpha value is -2.87. The Labute approximate surface area is 147 Å². The van der Waals surface area contributed by atoms with E-state index in [4.69, 9.17) is 0 Å². The summed E-state index contributed by atoms with van der Waals surface area (Å²) in [6, 6.07) is 13.3. The lowest BCUT2D eigenvalue weighted by Gasteiger charge is -2.11. The lowest BCUT2D eigenvalue weighted by Crippen LogP contribution is -2.18. The molecule has 2 aromatic rings. The van der Waals surface area contributed by atoms with Crippen LogP contribution in [0.15, 0.2) is 58.5 Å². The first-order valence-electron chi connectivity index (χ1n) is 7.48. The van der Waals surface area contributed by atoms with Crippen LogP contribution in [-0.4, -0.2) is 34.6 Å². The molecular formula is C17H20N4O3S. The number of hydrazone groups is 1. The van der Waals surface area contributed by atoms with Gasteiger partial charge in [0, 0.05) is 32.4 Å². The summed E-state index contributed by atoms with van der Waals surface area (Å²) in [5, 5.41) is 6.36. The molecule has 0 atom stereocenters. The van der Waals surface area contributed by atoms with Crippen molar-refractivity contribution in [2.75, 3.05) is 24.3 Å². The number of amides is 1. The van der Waals surface area contributed by atoms with Crippen molar-refractivity contribution in [1.82, 2.24) is 4.83 Å². The predicted octanol–water partition coefficient (Wildman–Crippen LogP) is 2.02. The second-order valence-electron chi connectivity index (χ2n) is 5.54. The minimum atomic E-state index is -3.77. The summed E-state index contributed by atoms with van der Waals surface area (Å²) in [4.78, 5) is 15.2. The summed E-state index contributed by atoms with van der Waals surface area (Å²) in [6.45, 7) is 1.38. The maximum atomic E-state index is 12.2. The SMILES string of the molecule is CC(=O)Nc1ccc(S(=O)(=O)N/N=C\c2ccc(N(C)C)cc2)cc1. The highest BCUT2D eigenvalue weighted by atomic mass is 32.2. The van der Waals surface area contributed by atoms with Crippen molar-refractivity contribution < 1.29 is 13.2 Å².